The minimum absolute atomic E-state index is 0.111. The van der Waals surface area contributed by atoms with Gasteiger partial charge in [-0.25, -0.2) is 0 Å². The van der Waals surface area contributed by atoms with Crippen LogP contribution in [0.2, 0.25) is 0 Å². The van der Waals surface area contributed by atoms with E-state index in [2.05, 4.69) is 20.3 Å². The fourth-order valence-electron chi connectivity index (χ4n) is 3.79. The Kier molecular flexibility index (Phi) is 7.28. The largest absolute Gasteiger partial charge is 0.490 e. The molecule has 0 unspecified atom stereocenters. The third kappa shape index (κ3) is 6.39. The second-order valence-corrected chi connectivity index (χ2v) is 7.81. The highest BCUT2D eigenvalue weighted by atomic mass is 16.5. The van der Waals surface area contributed by atoms with Crippen LogP contribution in [-0.4, -0.2) is 51.3 Å². The fraction of sp³-hybridized carbons (Fsp3) is 0.375. The summed E-state index contributed by atoms with van der Waals surface area (Å²) < 4.78 is 8.13. The number of aromatic nitrogens is 3. The molecule has 7 heteroatoms. The van der Waals surface area contributed by atoms with Crippen molar-refractivity contribution in [3.05, 3.63) is 78.4 Å². The molecule has 0 spiro atoms. The first-order valence-corrected chi connectivity index (χ1v) is 10.9. The van der Waals surface area contributed by atoms with E-state index in [1.54, 1.807) is 6.20 Å². The van der Waals surface area contributed by atoms with Crippen LogP contribution in [0.25, 0.3) is 0 Å². The van der Waals surface area contributed by atoms with Gasteiger partial charge in [0, 0.05) is 43.8 Å². The highest BCUT2D eigenvalue weighted by Gasteiger charge is 2.20. The van der Waals surface area contributed by atoms with E-state index >= 15 is 0 Å². The molecule has 1 aliphatic heterocycles. The van der Waals surface area contributed by atoms with E-state index in [0.29, 0.717) is 12.1 Å². The van der Waals surface area contributed by atoms with Gasteiger partial charge in [-0.2, -0.15) is 5.10 Å². The zero-order chi connectivity index (χ0) is 21.3. The number of benzene rings is 1. The number of hydrogen-bond donors (Lipinski definition) is 1. The fourth-order valence-corrected chi connectivity index (χ4v) is 3.79. The highest BCUT2D eigenvalue weighted by molar-refractivity contribution is 5.94. The predicted molar refractivity (Wildman–Crippen MR) is 119 cm³/mol. The Morgan fingerprint density at radius 3 is 2.58 bits per heavy atom. The molecule has 2 aromatic heterocycles. The molecule has 4 rings (SSSR count). The van der Waals surface area contributed by atoms with Crippen LogP contribution in [0.3, 0.4) is 0 Å². The van der Waals surface area contributed by atoms with E-state index in [4.69, 9.17) is 4.74 Å². The van der Waals surface area contributed by atoms with Crippen molar-refractivity contribution in [1.29, 1.82) is 0 Å². The lowest BCUT2D eigenvalue weighted by Gasteiger charge is -2.32. The number of aryl methyl sites for hydroxylation is 1. The first-order chi connectivity index (χ1) is 15.3. The monoisotopic (exact) mass is 419 g/mol. The maximum absolute atomic E-state index is 12.3. The van der Waals surface area contributed by atoms with Gasteiger partial charge >= 0.3 is 0 Å². The summed E-state index contributed by atoms with van der Waals surface area (Å²) in [5, 5.41) is 7.14. The molecule has 0 bridgehead atoms. The van der Waals surface area contributed by atoms with E-state index in [1.165, 1.54) is 0 Å². The van der Waals surface area contributed by atoms with Crippen LogP contribution >= 0.6 is 0 Å². The number of piperidine rings is 1. The quantitative estimate of drug-likeness (QED) is 0.577. The minimum atomic E-state index is -0.111. The molecule has 7 nitrogen and oxygen atoms in total. The van der Waals surface area contributed by atoms with Crippen LogP contribution in [-0.2, 0) is 13.1 Å². The topological polar surface area (TPSA) is 72.3 Å². The number of carbonyl (C=O) groups is 1. The van der Waals surface area contributed by atoms with Gasteiger partial charge < -0.3 is 15.0 Å². The Hall–Kier alpha value is -3.19. The van der Waals surface area contributed by atoms with Gasteiger partial charge in [0.15, 0.2) is 0 Å². The van der Waals surface area contributed by atoms with Crippen molar-refractivity contribution < 1.29 is 9.53 Å². The van der Waals surface area contributed by atoms with E-state index in [1.807, 2.05) is 65.6 Å². The lowest BCUT2D eigenvalue weighted by molar-refractivity contribution is 0.0949. The van der Waals surface area contributed by atoms with Gasteiger partial charge in [0.05, 0.1) is 12.2 Å². The average Bonchev–Trinajstić information content (AvgIpc) is 3.33. The third-order valence-corrected chi connectivity index (χ3v) is 5.53. The Labute approximate surface area is 183 Å². The number of nitrogens with zero attached hydrogens (tertiary/aromatic N) is 4. The molecule has 1 fully saturated rings. The first-order valence-electron chi connectivity index (χ1n) is 10.9. The summed E-state index contributed by atoms with van der Waals surface area (Å²) in [6.45, 7) is 4.58. The molecule has 1 aliphatic rings. The average molecular weight is 420 g/mol. The number of ether oxygens (including phenoxy) is 1. The summed E-state index contributed by atoms with van der Waals surface area (Å²) in [7, 11) is 0. The van der Waals surface area contributed by atoms with E-state index in [-0.39, 0.29) is 12.0 Å². The van der Waals surface area contributed by atoms with Crippen LogP contribution < -0.4 is 10.1 Å². The summed E-state index contributed by atoms with van der Waals surface area (Å²) in [4.78, 5) is 19.0. The SMILES string of the molecule is O=C(NCc1ccccn1)c1ccc(OC2CCN(CCCn3cccn3)CC2)cc1. The molecule has 3 aromatic rings. The number of rotatable bonds is 9. The molecule has 0 aliphatic carbocycles. The Balaban J connectivity index is 1.17. The van der Waals surface area contributed by atoms with Crippen LogP contribution in [0.15, 0.2) is 67.1 Å². The van der Waals surface area contributed by atoms with Gasteiger partial charge in [-0.15, -0.1) is 0 Å². The van der Waals surface area contributed by atoms with E-state index < -0.39 is 0 Å². The number of pyridine rings is 1. The maximum atomic E-state index is 12.3. The Morgan fingerprint density at radius 1 is 1.03 bits per heavy atom. The van der Waals surface area contributed by atoms with E-state index in [0.717, 1.165) is 56.9 Å². The molecule has 0 saturated carbocycles. The summed E-state index contributed by atoms with van der Waals surface area (Å²) in [5.74, 6) is 0.707. The van der Waals surface area contributed by atoms with Crippen molar-refractivity contribution in [2.24, 2.45) is 0 Å². The van der Waals surface area contributed by atoms with Gasteiger partial charge in [-0.3, -0.25) is 14.5 Å². The summed E-state index contributed by atoms with van der Waals surface area (Å²) >= 11 is 0. The smallest absolute Gasteiger partial charge is 0.251 e. The normalized spacial score (nSPS) is 15.0. The second-order valence-electron chi connectivity index (χ2n) is 7.81. The number of likely N-dealkylation sites (tertiary alicyclic amines) is 1. The van der Waals surface area contributed by atoms with Gasteiger partial charge in [0.2, 0.25) is 0 Å². The zero-order valence-corrected chi connectivity index (χ0v) is 17.7. The third-order valence-electron chi connectivity index (χ3n) is 5.53. The van der Waals surface area contributed by atoms with Crippen molar-refractivity contribution in [2.75, 3.05) is 19.6 Å². The zero-order valence-electron chi connectivity index (χ0n) is 17.7. The van der Waals surface area contributed by atoms with E-state index in [9.17, 15) is 4.79 Å². The summed E-state index contributed by atoms with van der Waals surface area (Å²) in [6, 6.07) is 15.0. The molecule has 0 radical (unpaired) electrons. The molecule has 1 aromatic carbocycles. The lowest BCUT2D eigenvalue weighted by Crippen LogP contribution is -2.39. The van der Waals surface area contributed by atoms with Gasteiger partial charge in [0.25, 0.3) is 5.91 Å². The predicted octanol–water partition coefficient (Wildman–Crippen LogP) is 3.14. The standard InChI is InChI=1S/C24H29N5O2/c30-24(26-19-21-5-1-2-12-25-21)20-6-8-22(9-7-20)31-23-10-17-28(18-11-23)14-4-16-29-15-3-13-27-29/h1-3,5-9,12-13,15,23H,4,10-11,14,16-19H2,(H,26,30). The van der Waals surface area contributed by atoms with Crippen molar-refractivity contribution in [3.8, 4) is 5.75 Å². The molecular formula is C24H29N5O2. The summed E-state index contributed by atoms with van der Waals surface area (Å²) in [5.41, 5.74) is 1.46. The molecule has 1 saturated heterocycles. The van der Waals surface area contributed by atoms with Crippen LogP contribution in [0, 0.1) is 0 Å². The maximum Gasteiger partial charge on any atom is 0.251 e. The van der Waals surface area contributed by atoms with Crippen LogP contribution in [0.5, 0.6) is 5.75 Å². The molecule has 162 valence electrons. The molecule has 1 N–H and O–H groups in total. The number of hydrogen-bond acceptors (Lipinski definition) is 5. The Morgan fingerprint density at radius 2 is 1.87 bits per heavy atom. The number of amides is 1. The molecule has 0 atom stereocenters. The Bertz CT molecular complexity index is 920. The van der Waals surface area contributed by atoms with Crippen molar-refractivity contribution >= 4 is 5.91 Å². The second kappa shape index (κ2) is 10.7. The highest BCUT2D eigenvalue weighted by Crippen LogP contribution is 2.20. The summed E-state index contributed by atoms with van der Waals surface area (Å²) in [6.07, 6.45) is 8.93. The number of nitrogens with one attached hydrogen (secondary N) is 1. The van der Waals surface area contributed by atoms with Gasteiger partial charge in [-0.1, -0.05) is 6.07 Å². The first kappa shape index (κ1) is 21.1. The van der Waals surface area contributed by atoms with Crippen molar-refractivity contribution in [1.82, 2.24) is 25.0 Å². The molecular weight excluding hydrogens is 390 g/mol. The van der Waals surface area contributed by atoms with Crippen molar-refractivity contribution in [2.45, 2.75) is 38.5 Å². The van der Waals surface area contributed by atoms with Crippen LogP contribution in [0.4, 0.5) is 0 Å². The molecule has 1 amide bonds. The van der Waals surface area contributed by atoms with Crippen LogP contribution in [0.1, 0.15) is 35.3 Å². The number of carbonyl (C=O) groups excluding carboxylic acids is 1. The minimum Gasteiger partial charge on any atom is -0.490 e. The van der Waals surface area contributed by atoms with Crippen molar-refractivity contribution in [3.63, 3.8) is 0 Å². The molecule has 3 heterocycles. The molecule has 31 heavy (non-hydrogen) atoms. The lowest BCUT2D eigenvalue weighted by atomic mass is 10.1. The van der Waals surface area contributed by atoms with Gasteiger partial charge in [0.1, 0.15) is 11.9 Å². The van der Waals surface area contributed by atoms with Gasteiger partial charge in [-0.05, 0) is 68.3 Å².